The van der Waals surface area contributed by atoms with E-state index in [2.05, 4.69) is 0 Å². The van der Waals surface area contributed by atoms with Gasteiger partial charge in [0.25, 0.3) is 0 Å². The average molecular weight is 492 g/mol. The molecule has 0 N–H and O–H groups in total. The molecule has 1 aliphatic heterocycles. The molecule has 2 aromatic carbocycles. The van der Waals surface area contributed by atoms with E-state index in [1.165, 1.54) is 0 Å². The number of rotatable bonds is 8. The van der Waals surface area contributed by atoms with Crippen LogP contribution >= 0.6 is 0 Å². The van der Waals surface area contributed by atoms with Crippen molar-refractivity contribution < 1.29 is 28.2 Å². The molecular weight excluding hydrogens is 458 g/mol. The fourth-order valence-electron chi connectivity index (χ4n) is 4.60. The van der Waals surface area contributed by atoms with Crippen LogP contribution in [0.3, 0.4) is 0 Å². The van der Waals surface area contributed by atoms with Gasteiger partial charge in [-0.2, -0.15) is 0 Å². The molecule has 1 aliphatic rings. The van der Waals surface area contributed by atoms with Gasteiger partial charge in [-0.25, -0.2) is 0 Å². The Hall–Kier alpha value is -3.74. The summed E-state index contributed by atoms with van der Waals surface area (Å²) in [6, 6.07) is 11.8. The molecule has 0 aliphatic carbocycles. The Labute approximate surface area is 211 Å². The predicted molar refractivity (Wildman–Crippen MR) is 139 cm³/mol. The molecule has 0 unspecified atom stereocenters. The maximum absolute atomic E-state index is 13.0. The molecule has 0 atom stereocenters. The number of carbonyl (C=O) groups excluding carboxylic acids is 2. The van der Waals surface area contributed by atoms with Gasteiger partial charge in [0.15, 0.2) is 0 Å². The highest BCUT2D eigenvalue weighted by molar-refractivity contribution is 6.00. The zero-order valence-corrected chi connectivity index (χ0v) is 21.3. The van der Waals surface area contributed by atoms with Crippen molar-refractivity contribution in [2.24, 2.45) is 5.92 Å². The van der Waals surface area contributed by atoms with E-state index in [1.54, 1.807) is 31.3 Å². The van der Waals surface area contributed by atoms with E-state index < -0.39 is 0 Å². The first-order chi connectivity index (χ1) is 17.4. The van der Waals surface area contributed by atoms with E-state index >= 15 is 0 Å². The molecule has 3 aromatic rings. The summed E-state index contributed by atoms with van der Waals surface area (Å²) in [6.45, 7) is 7.73. The summed E-state index contributed by atoms with van der Waals surface area (Å²) < 4.78 is 22.2. The van der Waals surface area contributed by atoms with Gasteiger partial charge in [-0.1, -0.05) is 12.1 Å². The van der Waals surface area contributed by atoms with E-state index in [4.69, 9.17) is 18.6 Å². The zero-order chi connectivity index (χ0) is 25.7. The Morgan fingerprint density at radius 1 is 1.08 bits per heavy atom. The highest BCUT2D eigenvalue weighted by Gasteiger charge is 2.27. The molecule has 4 rings (SSSR count). The Morgan fingerprint density at radius 3 is 2.44 bits per heavy atom. The maximum atomic E-state index is 13.0. The number of nitrogens with zero attached hydrogens (tertiary/aromatic N) is 1. The van der Waals surface area contributed by atoms with E-state index in [0.29, 0.717) is 50.5 Å². The Morgan fingerprint density at radius 2 is 1.81 bits per heavy atom. The average Bonchev–Trinajstić information content (AvgIpc) is 3.31. The van der Waals surface area contributed by atoms with Crippen LogP contribution in [-0.4, -0.2) is 50.2 Å². The molecule has 1 amide bonds. The quantitative estimate of drug-likeness (QED) is 0.297. The lowest BCUT2D eigenvalue weighted by Gasteiger charge is -2.30. The standard InChI is InChI=1S/C29H33NO6/c1-5-34-22-9-7-20(8-10-22)25-18-36-27-17-26(33-4)23(16-24(25)27)19(3)15-28(31)30-13-11-21(12-14-30)29(32)35-6-2/h7-10,15-18,21H,5-6,11-14H2,1-4H3/b19-15+. The van der Waals surface area contributed by atoms with Gasteiger partial charge in [-0.3, -0.25) is 9.59 Å². The number of hydrogen-bond acceptors (Lipinski definition) is 6. The van der Waals surface area contributed by atoms with Crippen LogP contribution in [0.1, 0.15) is 39.2 Å². The fraction of sp³-hybridized carbons (Fsp3) is 0.379. The third-order valence-electron chi connectivity index (χ3n) is 6.56. The number of esters is 1. The van der Waals surface area contributed by atoms with Gasteiger partial charge >= 0.3 is 5.97 Å². The lowest BCUT2D eigenvalue weighted by molar-refractivity contribution is -0.150. The van der Waals surface area contributed by atoms with Crippen LogP contribution in [0.5, 0.6) is 11.5 Å². The lowest BCUT2D eigenvalue weighted by Crippen LogP contribution is -2.40. The van der Waals surface area contributed by atoms with Gasteiger partial charge in [-0.15, -0.1) is 0 Å². The van der Waals surface area contributed by atoms with Gasteiger partial charge in [0, 0.05) is 41.7 Å². The van der Waals surface area contributed by atoms with Crippen LogP contribution in [0.25, 0.3) is 27.7 Å². The van der Waals surface area contributed by atoms with Crippen LogP contribution in [0.4, 0.5) is 0 Å². The van der Waals surface area contributed by atoms with E-state index in [-0.39, 0.29) is 17.8 Å². The van der Waals surface area contributed by atoms with Crippen molar-refractivity contribution in [2.75, 3.05) is 33.4 Å². The number of piperidine rings is 1. The molecule has 0 radical (unpaired) electrons. The molecule has 36 heavy (non-hydrogen) atoms. The number of furan rings is 1. The smallest absolute Gasteiger partial charge is 0.309 e. The molecule has 0 saturated carbocycles. The number of benzene rings is 2. The third kappa shape index (κ3) is 5.40. The second-order valence-corrected chi connectivity index (χ2v) is 8.83. The van der Waals surface area contributed by atoms with Gasteiger partial charge < -0.3 is 23.5 Å². The molecule has 1 saturated heterocycles. The van der Waals surface area contributed by atoms with Gasteiger partial charge in [0.2, 0.25) is 5.91 Å². The van der Waals surface area contributed by atoms with Crippen molar-refractivity contribution in [2.45, 2.75) is 33.6 Å². The van der Waals surface area contributed by atoms with Crippen molar-refractivity contribution >= 4 is 28.4 Å². The largest absolute Gasteiger partial charge is 0.496 e. The highest BCUT2D eigenvalue weighted by atomic mass is 16.5. The van der Waals surface area contributed by atoms with Crippen molar-refractivity contribution in [3.05, 3.63) is 54.3 Å². The minimum atomic E-state index is -0.169. The molecule has 190 valence electrons. The second kappa shape index (κ2) is 11.3. The number of ether oxygens (including phenoxy) is 3. The highest BCUT2D eigenvalue weighted by Crippen LogP contribution is 2.38. The summed E-state index contributed by atoms with van der Waals surface area (Å²) in [5.41, 5.74) is 4.30. The minimum Gasteiger partial charge on any atom is -0.496 e. The van der Waals surface area contributed by atoms with Crippen LogP contribution in [0.2, 0.25) is 0 Å². The number of amides is 1. The Kier molecular flexibility index (Phi) is 7.98. The number of carbonyl (C=O) groups is 2. The minimum absolute atomic E-state index is 0.0733. The summed E-state index contributed by atoms with van der Waals surface area (Å²) in [5, 5.41) is 0.936. The summed E-state index contributed by atoms with van der Waals surface area (Å²) in [4.78, 5) is 26.8. The topological polar surface area (TPSA) is 78.2 Å². The van der Waals surface area contributed by atoms with E-state index in [0.717, 1.165) is 33.4 Å². The first kappa shape index (κ1) is 25.4. The van der Waals surface area contributed by atoms with Crippen LogP contribution in [0.15, 0.2) is 53.2 Å². The number of methoxy groups -OCH3 is 1. The summed E-state index contributed by atoms with van der Waals surface area (Å²) in [5.74, 6) is 1.08. The zero-order valence-electron chi connectivity index (χ0n) is 21.3. The molecule has 1 aromatic heterocycles. The molecular formula is C29H33NO6. The Bertz CT molecular complexity index is 1250. The third-order valence-corrected chi connectivity index (χ3v) is 6.56. The molecule has 2 heterocycles. The lowest BCUT2D eigenvalue weighted by atomic mass is 9.96. The van der Waals surface area contributed by atoms with Crippen molar-refractivity contribution in [3.63, 3.8) is 0 Å². The number of fused-ring (bicyclic) bond motifs is 1. The summed E-state index contributed by atoms with van der Waals surface area (Å²) >= 11 is 0. The Balaban J connectivity index is 1.57. The van der Waals surface area contributed by atoms with E-state index in [1.807, 2.05) is 50.2 Å². The van der Waals surface area contributed by atoms with Crippen molar-refractivity contribution in [3.8, 4) is 22.6 Å². The molecule has 7 nitrogen and oxygen atoms in total. The molecule has 0 bridgehead atoms. The van der Waals surface area contributed by atoms with Crippen LogP contribution < -0.4 is 9.47 Å². The van der Waals surface area contributed by atoms with Gasteiger partial charge in [0.05, 0.1) is 32.5 Å². The first-order valence-electron chi connectivity index (χ1n) is 12.4. The SMILES string of the molecule is CCOC(=O)C1CCN(C(=O)/C=C(\C)c2cc3c(-c4ccc(OCC)cc4)coc3cc2OC)CC1. The number of allylic oxidation sites excluding steroid dienone is 1. The first-order valence-corrected chi connectivity index (χ1v) is 12.4. The number of hydrogen-bond donors (Lipinski definition) is 0. The predicted octanol–water partition coefficient (Wildman–Crippen LogP) is 5.71. The van der Waals surface area contributed by atoms with Crippen molar-refractivity contribution in [1.82, 2.24) is 4.90 Å². The van der Waals surface area contributed by atoms with E-state index in [9.17, 15) is 9.59 Å². The summed E-state index contributed by atoms with van der Waals surface area (Å²) in [6.07, 6.45) is 4.62. The van der Waals surface area contributed by atoms with Crippen LogP contribution in [-0.2, 0) is 14.3 Å². The van der Waals surface area contributed by atoms with Crippen molar-refractivity contribution in [1.29, 1.82) is 0 Å². The van der Waals surface area contributed by atoms with Gasteiger partial charge in [-0.05, 0) is 62.9 Å². The normalized spacial score (nSPS) is 14.7. The number of likely N-dealkylation sites (tertiary alicyclic amines) is 1. The fourth-order valence-corrected chi connectivity index (χ4v) is 4.60. The van der Waals surface area contributed by atoms with Crippen LogP contribution in [0, 0.1) is 5.92 Å². The maximum Gasteiger partial charge on any atom is 0.309 e. The summed E-state index contributed by atoms with van der Waals surface area (Å²) in [7, 11) is 1.61. The monoisotopic (exact) mass is 491 g/mol. The van der Waals surface area contributed by atoms with Gasteiger partial charge in [0.1, 0.15) is 17.1 Å². The molecule has 1 fully saturated rings. The second-order valence-electron chi connectivity index (χ2n) is 8.83. The molecule has 0 spiro atoms. The molecule has 7 heteroatoms.